The van der Waals surface area contributed by atoms with E-state index >= 15 is 0 Å². The van der Waals surface area contributed by atoms with Gasteiger partial charge in [-0.1, -0.05) is 38.3 Å². The number of carbonyl (C=O) groups excluding carboxylic acids is 1. The van der Waals surface area contributed by atoms with E-state index in [1.54, 1.807) is 0 Å². The maximum Gasteiger partial charge on any atom is 0.326 e. The molecule has 0 radical (unpaired) electrons. The molecule has 1 aromatic rings. The van der Waals surface area contributed by atoms with Crippen LogP contribution in [0.1, 0.15) is 45.1 Å². The van der Waals surface area contributed by atoms with Gasteiger partial charge in [0, 0.05) is 13.3 Å². The molecular formula is C17H25NO4. The highest BCUT2D eigenvalue weighted by Crippen LogP contribution is 2.14. The van der Waals surface area contributed by atoms with Crippen molar-refractivity contribution in [2.24, 2.45) is 0 Å². The van der Waals surface area contributed by atoms with Gasteiger partial charge in [-0.15, -0.1) is 0 Å². The van der Waals surface area contributed by atoms with E-state index in [2.05, 4.69) is 12.2 Å². The summed E-state index contributed by atoms with van der Waals surface area (Å²) in [5.74, 6) is -0.600. The van der Waals surface area contributed by atoms with Crippen LogP contribution in [0.3, 0.4) is 0 Å². The number of amides is 1. The number of hydrogen-bond acceptors (Lipinski definition) is 3. The lowest BCUT2D eigenvalue weighted by atomic mass is 10.1. The van der Waals surface area contributed by atoms with Crippen molar-refractivity contribution < 1.29 is 19.4 Å². The van der Waals surface area contributed by atoms with Crippen LogP contribution in [-0.2, 0) is 16.0 Å². The van der Waals surface area contributed by atoms with E-state index in [-0.39, 0.29) is 12.3 Å². The van der Waals surface area contributed by atoms with Crippen LogP contribution in [0.4, 0.5) is 0 Å². The Hall–Kier alpha value is -2.04. The Morgan fingerprint density at radius 3 is 2.41 bits per heavy atom. The molecule has 1 amide bonds. The Morgan fingerprint density at radius 2 is 1.86 bits per heavy atom. The van der Waals surface area contributed by atoms with Crippen LogP contribution in [0.15, 0.2) is 24.3 Å². The van der Waals surface area contributed by atoms with E-state index in [0.29, 0.717) is 6.61 Å². The number of hydrogen-bond donors (Lipinski definition) is 2. The summed E-state index contributed by atoms with van der Waals surface area (Å²) < 4.78 is 5.64. The molecule has 0 saturated carbocycles. The second kappa shape index (κ2) is 9.82. The van der Waals surface area contributed by atoms with Crippen LogP contribution < -0.4 is 10.1 Å². The van der Waals surface area contributed by atoms with Gasteiger partial charge < -0.3 is 15.2 Å². The number of carbonyl (C=O) groups is 2. The molecule has 1 aromatic carbocycles. The molecule has 1 atom stereocenters. The molecule has 0 saturated heterocycles. The van der Waals surface area contributed by atoms with Crippen molar-refractivity contribution in [3.05, 3.63) is 29.8 Å². The highest BCUT2D eigenvalue weighted by atomic mass is 16.5. The molecule has 0 spiro atoms. The van der Waals surface area contributed by atoms with Crippen molar-refractivity contribution in [3.63, 3.8) is 0 Å². The first-order valence-corrected chi connectivity index (χ1v) is 7.74. The van der Waals surface area contributed by atoms with Gasteiger partial charge in [-0.05, 0) is 24.1 Å². The number of benzene rings is 1. The third-order valence-corrected chi connectivity index (χ3v) is 3.31. The summed E-state index contributed by atoms with van der Waals surface area (Å²) >= 11 is 0. The fourth-order valence-electron chi connectivity index (χ4n) is 2.12. The van der Waals surface area contributed by atoms with Gasteiger partial charge in [-0.25, -0.2) is 4.79 Å². The molecule has 1 rings (SSSR count). The molecule has 22 heavy (non-hydrogen) atoms. The van der Waals surface area contributed by atoms with Crippen molar-refractivity contribution in [2.45, 2.75) is 52.0 Å². The average Bonchev–Trinajstić information content (AvgIpc) is 2.47. The van der Waals surface area contributed by atoms with Crippen LogP contribution in [0.25, 0.3) is 0 Å². The van der Waals surface area contributed by atoms with Gasteiger partial charge in [0.25, 0.3) is 0 Å². The normalized spacial score (nSPS) is 11.7. The number of ether oxygens (including phenoxy) is 1. The van der Waals surface area contributed by atoms with Crippen LogP contribution in [0.2, 0.25) is 0 Å². The first-order chi connectivity index (χ1) is 10.5. The summed E-state index contributed by atoms with van der Waals surface area (Å²) in [5.41, 5.74) is 0.847. The smallest absolute Gasteiger partial charge is 0.326 e. The van der Waals surface area contributed by atoms with E-state index in [1.807, 2.05) is 24.3 Å². The molecule has 5 nitrogen and oxygen atoms in total. The van der Waals surface area contributed by atoms with E-state index in [4.69, 9.17) is 9.84 Å². The van der Waals surface area contributed by atoms with Gasteiger partial charge in [-0.2, -0.15) is 0 Å². The summed E-state index contributed by atoms with van der Waals surface area (Å²) in [6.07, 6.45) is 4.90. The molecule has 0 aromatic heterocycles. The van der Waals surface area contributed by atoms with Crippen molar-refractivity contribution in [3.8, 4) is 5.75 Å². The monoisotopic (exact) mass is 307 g/mol. The Balaban J connectivity index is 2.46. The zero-order chi connectivity index (χ0) is 16.4. The Bertz CT molecular complexity index is 470. The lowest BCUT2D eigenvalue weighted by molar-refractivity contribution is -0.141. The van der Waals surface area contributed by atoms with Crippen molar-refractivity contribution in [1.82, 2.24) is 5.32 Å². The molecule has 0 aliphatic heterocycles. The Morgan fingerprint density at radius 1 is 1.18 bits per heavy atom. The number of carboxylic acids is 1. The number of aliphatic carboxylic acids is 1. The van der Waals surface area contributed by atoms with Crippen molar-refractivity contribution in [1.29, 1.82) is 0 Å². The fraction of sp³-hybridized carbons (Fsp3) is 0.529. The molecule has 0 fully saturated rings. The summed E-state index contributed by atoms with van der Waals surface area (Å²) in [7, 11) is 0. The molecule has 5 heteroatoms. The molecule has 0 aliphatic carbocycles. The van der Waals surface area contributed by atoms with Crippen LogP contribution in [-0.4, -0.2) is 29.6 Å². The molecule has 1 unspecified atom stereocenters. The maximum absolute atomic E-state index is 11.1. The lowest BCUT2D eigenvalue weighted by Gasteiger charge is -2.13. The molecule has 2 N–H and O–H groups in total. The molecular weight excluding hydrogens is 282 g/mol. The van der Waals surface area contributed by atoms with Crippen LogP contribution in [0, 0.1) is 0 Å². The lowest BCUT2D eigenvalue weighted by Crippen LogP contribution is -2.41. The number of carboxylic acid groups (broad SMARTS) is 1. The molecule has 122 valence electrons. The third kappa shape index (κ3) is 7.11. The maximum atomic E-state index is 11.1. The van der Waals surface area contributed by atoms with Gasteiger partial charge >= 0.3 is 5.97 Å². The minimum absolute atomic E-state index is 0.256. The first kappa shape index (κ1) is 18.0. The highest BCUT2D eigenvalue weighted by Gasteiger charge is 2.18. The molecule has 0 bridgehead atoms. The third-order valence-electron chi connectivity index (χ3n) is 3.31. The van der Waals surface area contributed by atoms with E-state index < -0.39 is 12.0 Å². The SMILES string of the molecule is CCCCCCOc1ccc(CC(NC(C)=O)C(=O)O)cc1. The van der Waals surface area contributed by atoms with Gasteiger partial charge in [-0.3, -0.25) is 4.79 Å². The minimum Gasteiger partial charge on any atom is -0.494 e. The summed E-state index contributed by atoms with van der Waals surface area (Å²) in [6.45, 7) is 4.18. The average molecular weight is 307 g/mol. The summed E-state index contributed by atoms with van der Waals surface area (Å²) in [6, 6.07) is 6.43. The van der Waals surface area contributed by atoms with Gasteiger partial charge in [0.1, 0.15) is 11.8 Å². The second-order valence-electron chi connectivity index (χ2n) is 5.35. The minimum atomic E-state index is -1.04. The van der Waals surface area contributed by atoms with E-state index in [1.165, 1.54) is 26.2 Å². The van der Waals surface area contributed by atoms with Crippen molar-refractivity contribution in [2.75, 3.05) is 6.61 Å². The standard InChI is InChI=1S/C17H25NO4/c1-3-4-5-6-11-22-15-9-7-14(8-10-15)12-16(17(20)21)18-13(2)19/h7-10,16H,3-6,11-12H2,1-2H3,(H,18,19)(H,20,21). The number of rotatable bonds is 10. The first-order valence-electron chi connectivity index (χ1n) is 7.74. The Labute approximate surface area is 131 Å². The largest absolute Gasteiger partial charge is 0.494 e. The van der Waals surface area contributed by atoms with E-state index in [9.17, 15) is 9.59 Å². The van der Waals surface area contributed by atoms with Crippen LogP contribution in [0.5, 0.6) is 5.75 Å². The predicted octanol–water partition coefficient (Wildman–Crippen LogP) is 2.78. The number of nitrogens with one attached hydrogen (secondary N) is 1. The zero-order valence-electron chi connectivity index (χ0n) is 13.3. The fourth-order valence-corrected chi connectivity index (χ4v) is 2.12. The Kier molecular flexibility index (Phi) is 8.04. The zero-order valence-corrected chi connectivity index (χ0v) is 13.3. The van der Waals surface area contributed by atoms with Gasteiger partial charge in [0.15, 0.2) is 0 Å². The van der Waals surface area contributed by atoms with Gasteiger partial charge in [0.2, 0.25) is 5.91 Å². The van der Waals surface area contributed by atoms with Crippen LogP contribution >= 0.6 is 0 Å². The van der Waals surface area contributed by atoms with E-state index in [0.717, 1.165) is 17.7 Å². The molecule has 0 heterocycles. The quantitative estimate of drug-likeness (QED) is 0.652. The highest BCUT2D eigenvalue weighted by molar-refractivity contribution is 5.82. The predicted molar refractivity (Wildman–Crippen MR) is 85.0 cm³/mol. The second-order valence-corrected chi connectivity index (χ2v) is 5.35. The van der Waals surface area contributed by atoms with Crippen molar-refractivity contribution >= 4 is 11.9 Å². The topological polar surface area (TPSA) is 75.6 Å². The van der Waals surface area contributed by atoms with Gasteiger partial charge in [0.05, 0.1) is 6.61 Å². The molecule has 0 aliphatic rings. The summed E-state index contributed by atoms with van der Waals surface area (Å²) in [5, 5.41) is 11.5. The number of unbranched alkanes of at least 4 members (excludes halogenated alkanes) is 3. The summed E-state index contributed by atoms with van der Waals surface area (Å²) in [4.78, 5) is 22.1.